The van der Waals surface area contributed by atoms with E-state index < -0.39 is 0 Å². The molecule has 2 aromatic rings. The Morgan fingerprint density at radius 3 is 2.64 bits per heavy atom. The van der Waals surface area contributed by atoms with Crippen LogP contribution in [0.3, 0.4) is 0 Å². The molecule has 1 aliphatic rings. The third-order valence-corrected chi connectivity index (χ3v) is 5.39. The third-order valence-electron chi connectivity index (χ3n) is 4.21. The monoisotopic (exact) mass is 319 g/mol. The Morgan fingerprint density at radius 1 is 1.23 bits per heavy atom. The van der Waals surface area contributed by atoms with Gasteiger partial charge in [0.2, 0.25) is 5.95 Å². The van der Waals surface area contributed by atoms with Gasteiger partial charge in [0.05, 0.1) is 5.39 Å². The number of nitrogens with one attached hydrogen (secondary N) is 1. The second-order valence-corrected chi connectivity index (χ2v) is 7.95. The zero-order valence-electron chi connectivity index (χ0n) is 13.9. The summed E-state index contributed by atoms with van der Waals surface area (Å²) in [6, 6.07) is 0.109. The number of hydrogen-bond acceptors (Lipinski definition) is 4. The molecule has 0 spiro atoms. The van der Waals surface area contributed by atoms with Gasteiger partial charge in [-0.15, -0.1) is 11.3 Å². The average molecular weight is 319 g/mol. The minimum atomic E-state index is 0.109. The molecule has 5 heteroatoms. The number of nitrogens with zero attached hydrogens (tertiary/aromatic N) is 2. The molecule has 0 aromatic carbocycles. The predicted molar refractivity (Wildman–Crippen MR) is 94.2 cm³/mol. The number of anilines is 1. The molecule has 0 atom stereocenters. The van der Waals surface area contributed by atoms with E-state index in [4.69, 9.17) is 4.98 Å². The topological polar surface area (TPSA) is 46.9 Å². The minimum absolute atomic E-state index is 0.109. The lowest BCUT2D eigenvalue weighted by Crippen LogP contribution is -2.27. The van der Waals surface area contributed by atoms with Crippen LogP contribution < -0.4 is 10.9 Å². The van der Waals surface area contributed by atoms with E-state index in [2.05, 4.69) is 19.2 Å². The Kier molecular flexibility index (Phi) is 4.26. The Labute approximate surface area is 135 Å². The SMILES string of the molecule is CC(C)CNc1nc2sc3c(c2c(=O)n1C(C)C)CCCC3. The second-order valence-electron chi connectivity index (χ2n) is 6.87. The molecule has 0 saturated heterocycles. The van der Waals surface area contributed by atoms with Gasteiger partial charge in [0, 0.05) is 17.5 Å². The molecular formula is C17H25N3OS. The fraction of sp³-hybridized carbons (Fsp3) is 0.647. The van der Waals surface area contributed by atoms with Gasteiger partial charge in [0.25, 0.3) is 5.56 Å². The van der Waals surface area contributed by atoms with Crippen molar-refractivity contribution < 1.29 is 0 Å². The zero-order chi connectivity index (χ0) is 15.9. The Balaban J connectivity index is 2.19. The van der Waals surface area contributed by atoms with Crippen molar-refractivity contribution in [3.05, 3.63) is 20.8 Å². The third kappa shape index (κ3) is 2.67. The number of fused-ring (bicyclic) bond motifs is 3. The number of rotatable bonds is 4. The summed E-state index contributed by atoms with van der Waals surface area (Å²) in [5.74, 6) is 1.24. The summed E-state index contributed by atoms with van der Waals surface area (Å²) >= 11 is 1.72. The smallest absolute Gasteiger partial charge is 0.264 e. The molecule has 0 aliphatic heterocycles. The number of aryl methyl sites for hydroxylation is 2. The molecule has 4 nitrogen and oxygen atoms in total. The first-order valence-electron chi connectivity index (χ1n) is 8.29. The van der Waals surface area contributed by atoms with Crippen LogP contribution in [-0.4, -0.2) is 16.1 Å². The summed E-state index contributed by atoms with van der Waals surface area (Å²) in [4.78, 5) is 20.2. The Hall–Kier alpha value is -1.36. The molecule has 22 heavy (non-hydrogen) atoms. The van der Waals surface area contributed by atoms with Gasteiger partial charge in [0.15, 0.2) is 0 Å². The van der Waals surface area contributed by atoms with Crippen molar-refractivity contribution in [2.24, 2.45) is 5.92 Å². The molecule has 2 aromatic heterocycles. The van der Waals surface area contributed by atoms with E-state index >= 15 is 0 Å². The largest absolute Gasteiger partial charge is 0.355 e. The van der Waals surface area contributed by atoms with E-state index in [1.54, 1.807) is 11.3 Å². The van der Waals surface area contributed by atoms with Crippen LogP contribution in [0.4, 0.5) is 5.95 Å². The van der Waals surface area contributed by atoms with E-state index in [1.807, 2.05) is 18.4 Å². The van der Waals surface area contributed by atoms with E-state index in [-0.39, 0.29) is 11.6 Å². The van der Waals surface area contributed by atoms with Gasteiger partial charge in [0.1, 0.15) is 4.83 Å². The molecule has 120 valence electrons. The van der Waals surface area contributed by atoms with Gasteiger partial charge in [-0.25, -0.2) is 4.98 Å². The maximum atomic E-state index is 13.1. The normalized spacial score (nSPS) is 14.8. The summed E-state index contributed by atoms with van der Waals surface area (Å²) in [6.45, 7) is 9.25. The molecular weight excluding hydrogens is 294 g/mol. The second kappa shape index (κ2) is 6.03. The molecule has 0 amide bonds. The van der Waals surface area contributed by atoms with Crippen LogP contribution in [0.5, 0.6) is 0 Å². The Morgan fingerprint density at radius 2 is 1.95 bits per heavy atom. The quantitative estimate of drug-likeness (QED) is 0.927. The highest BCUT2D eigenvalue weighted by Gasteiger charge is 2.22. The van der Waals surface area contributed by atoms with Gasteiger partial charge >= 0.3 is 0 Å². The summed E-state index contributed by atoms with van der Waals surface area (Å²) in [5, 5.41) is 4.24. The summed E-state index contributed by atoms with van der Waals surface area (Å²) < 4.78 is 1.83. The van der Waals surface area contributed by atoms with Crippen molar-refractivity contribution in [3.63, 3.8) is 0 Å². The molecule has 2 heterocycles. The summed E-state index contributed by atoms with van der Waals surface area (Å²) in [7, 11) is 0. The molecule has 1 N–H and O–H groups in total. The van der Waals surface area contributed by atoms with Gasteiger partial charge in [-0.2, -0.15) is 0 Å². The van der Waals surface area contributed by atoms with Crippen LogP contribution in [-0.2, 0) is 12.8 Å². The molecule has 0 saturated carbocycles. The van der Waals surface area contributed by atoms with Gasteiger partial charge < -0.3 is 5.32 Å². The molecule has 0 bridgehead atoms. The minimum Gasteiger partial charge on any atom is -0.355 e. The van der Waals surface area contributed by atoms with Crippen LogP contribution >= 0.6 is 11.3 Å². The van der Waals surface area contributed by atoms with E-state index in [9.17, 15) is 4.79 Å². The molecule has 0 radical (unpaired) electrons. The fourth-order valence-corrected chi connectivity index (χ4v) is 4.37. The molecule has 3 rings (SSSR count). The lowest BCUT2D eigenvalue weighted by atomic mass is 9.97. The van der Waals surface area contributed by atoms with Crippen LogP contribution in [0, 0.1) is 5.92 Å². The van der Waals surface area contributed by atoms with Gasteiger partial charge in [-0.3, -0.25) is 9.36 Å². The molecule has 1 aliphatic carbocycles. The summed E-state index contributed by atoms with van der Waals surface area (Å²) in [5.41, 5.74) is 1.40. The van der Waals surface area contributed by atoms with Gasteiger partial charge in [-0.1, -0.05) is 13.8 Å². The maximum absolute atomic E-state index is 13.1. The first-order chi connectivity index (χ1) is 10.5. The highest BCUT2D eigenvalue weighted by atomic mass is 32.1. The van der Waals surface area contributed by atoms with E-state index in [0.717, 1.165) is 35.6 Å². The average Bonchev–Trinajstić information content (AvgIpc) is 2.82. The fourth-order valence-electron chi connectivity index (χ4n) is 3.12. The van der Waals surface area contributed by atoms with Crippen molar-refractivity contribution >= 4 is 27.5 Å². The van der Waals surface area contributed by atoms with Gasteiger partial charge in [-0.05, 0) is 51.0 Å². The van der Waals surface area contributed by atoms with Crippen molar-refractivity contribution in [1.29, 1.82) is 0 Å². The van der Waals surface area contributed by atoms with E-state index in [0.29, 0.717) is 5.92 Å². The lowest BCUT2D eigenvalue weighted by Gasteiger charge is -2.18. The van der Waals surface area contributed by atoms with Crippen molar-refractivity contribution in [1.82, 2.24) is 9.55 Å². The predicted octanol–water partition coefficient (Wildman–Crippen LogP) is 3.99. The van der Waals surface area contributed by atoms with Crippen LogP contribution in [0.15, 0.2) is 4.79 Å². The lowest BCUT2D eigenvalue weighted by molar-refractivity contribution is 0.573. The highest BCUT2D eigenvalue weighted by molar-refractivity contribution is 7.18. The van der Waals surface area contributed by atoms with Crippen LogP contribution in [0.1, 0.15) is 57.0 Å². The van der Waals surface area contributed by atoms with Crippen LogP contribution in [0.2, 0.25) is 0 Å². The number of aromatic nitrogens is 2. The molecule has 0 fully saturated rings. The Bertz CT molecular complexity index is 742. The first-order valence-corrected chi connectivity index (χ1v) is 9.11. The van der Waals surface area contributed by atoms with E-state index in [1.165, 1.54) is 23.3 Å². The first kappa shape index (κ1) is 15.5. The molecule has 0 unspecified atom stereocenters. The van der Waals surface area contributed by atoms with Crippen molar-refractivity contribution in [3.8, 4) is 0 Å². The summed E-state index contributed by atoms with van der Waals surface area (Å²) in [6.07, 6.45) is 4.55. The standard InChI is InChI=1S/C17H25N3OS/c1-10(2)9-18-17-19-15-14(16(21)20(17)11(3)4)12-7-5-6-8-13(12)22-15/h10-11H,5-9H2,1-4H3,(H,18,19). The zero-order valence-corrected chi connectivity index (χ0v) is 14.7. The number of thiophene rings is 1. The van der Waals surface area contributed by atoms with Crippen molar-refractivity contribution in [2.75, 3.05) is 11.9 Å². The van der Waals surface area contributed by atoms with Crippen LogP contribution in [0.25, 0.3) is 10.2 Å². The van der Waals surface area contributed by atoms with Crippen molar-refractivity contribution in [2.45, 2.75) is 59.4 Å². The highest BCUT2D eigenvalue weighted by Crippen LogP contribution is 2.34. The number of hydrogen-bond donors (Lipinski definition) is 1. The maximum Gasteiger partial charge on any atom is 0.264 e.